The Morgan fingerprint density at radius 1 is 1.28 bits per heavy atom. The summed E-state index contributed by atoms with van der Waals surface area (Å²) in [6, 6.07) is 9.32. The monoisotopic (exact) mass is 359 g/mol. The molecule has 0 aliphatic heterocycles. The Morgan fingerprint density at radius 2 is 2.00 bits per heavy atom. The lowest BCUT2D eigenvalue weighted by molar-refractivity contribution is -0.113. The highest BCUT2D eigenvalue weighted by Crippen LogP contribution is 2.29. The number of aromatic nitrogens is 2. The first-order valence-electron chi connectivity index (χ1n) is 8.42. The van der Waals surface area contributed by atoms with E-state index in [0.29, 0.717) is 5.16 Å². The lowest BCUT2D eigenvalue weighted by Crippen LogP contribution is -2.20. The van der Waals surface area contributed by atoms with Crippen LogP contribution in [0.4, 0.5) is 5.69 Å². The second-order valence-electron chi connectivity index (χ2n) is 6.92. The summed E-state index contributed by atoms with van der Waals surface area (Å²) in [7, 11) is 0. The van der Waals surface area contributed by atoms with Crippen molar-refractivity contribution in [2.75, 3.05) is 11.1 Å². The fourth-order valence-electron chi connectivity index (χ4n) is 2.50. The number of thioether (sulfide) groups is 1. The second kappa shape index (κ2) is 8.34. The molecule has 5 nitrogen and oxygen atoms in total. The van der Waals surface area contributed by atoms with Crippen molar-refractivity contribution in [3.8, 4) is 0 Å². The normalized spacial score (nSPS) is 11.4. The van der Waals surface area contributed by atoms with E-state index in [4.69, 9.17) is 0 Å². The number of rotatable bonds is 6. The van der Waals surface area contributed by atoms with Crippen LogP contribution in [0.1, 0.15) is 45.4 Å². The summed E-state index contributed by atoms with van der Waals surface area (Å²) in [4.78, 5) is 31.0. The van der Waals surface area contributed by atoms with Crippen LogP contribution in [-0.4, -0.2) is 21.6 Å². The minimum absolute atomic E-state index is 0.0572. The standard InChI is InChI=1S/C19H25N3O2S/c1-5-8-13-11-16(23)22-18(20-13)25-12-17(24)21-15-10-7-6-9-14(15)19(2,3)4/h6-7,9-11H,5,8,12H2,1-4H3,(H,21,24)(H,20,22,23). The van der Waals surface area contributed by atoms with Crippen LogP contribution in [0.25, 0.3) is 0 Å². The molecule has 1 heterocycles. The summed E-state index contributed by atoms with van der Waals surface area (Å²) < 4.78 is 0. The summed E-state index contributed by atoms with van der Waals surface area (Å²) >= 11 is 1.24. The molecule has 0 saturated heterocycles. The molecule has 0 radical (unpaired) electrons. The Bertz CT molecular complexity index is 794. The van der Waals surface area contributed by atoms with Gasteiger partial charge in [0, 0.05) is 17.4 Å². The first kappa shape index (κ1) is 19.2. The van der Waals surface area contributed by atoms with E-state index in [2.05, 4.69) is 36.1 Å². The quantitative estimate of drug-likeness (QED) is 0.608. The highest BCUT2D eigenvalue weighted by atomic mass is 32.2. The first-order chi connectivity index (χ1) is 11.8. The number of H-pyrrole nitrogens is 1. The fraction of sp³-hybridized carbons (Fsp3) is 0.421. The SMILES string of the molecule is CCCc1cc(=O)[nH]c(SCC(=O)Nc2ccccc2C(C)(C)C)n1. The molecule has 1 amide bonds. The Balaban J connectivity index is 2.04. The topological polar surface area (TPSA) is 74.8 Å². The van der Waals surface area contributed by atoms with Crippen LogP contribution < -0.4 is 10.9 Å². The predicted molar refractivity (Wildman–Crippen MR) is 103 cm³/mol. The molecule has 2 aromatic rings. The van der Waals surface area contributed by atoms with Crippen LogP contribution in [0, 0.1) is 0 Å². The summed E-state index contributed by atoms with van der Waals surface area (Å²) in [6.07, 6.45) is 1.67. The molecule has 0 atom stereocenters. The zero-order valence-electron chi connectivity index (χ0n) is 15.2. The summed E-state index contributed by atoms with van der Waals surface area (Å²) in [5.74, 6) is 0.0713. The minimum Gasteiger partial charge on any atom is -0.325 e. The van der Waals surface area contributed by atoms with Gasteiger partial charge >= 0.3 is 0 Å². The zero-order chi connectivity index (χ0) is 18.4. The van der Waals surface area contributed by atoms with Gasteiger partial charge in [0.05, 0.1) is 5.75 Å². The molecule has 134 valence electrons. The van der Waals surface area contributed by atoms with Crippen molar-refractivity contribution < 1.29 is 4.79 Å². The number of anilines is 1. The molecule has 25 heavy (non-hydrogen) atoms. The van der Waals surface area contributed by atoms with Crippen molar-refractivity contribution in [3.05, 3.63) is 51.9 Å². The molecule has 0 spiro atoms. The molecule has 0 aliphatic rings. The van der Waals surface area contributed by atoms with Crippen molar-refractivity contribution in [2.45, 2.75) is 51.1 Å². The molecular weight excluding hydrogens is 334 g/mol. The van der Waals surface area contributed by atoms with E-state index in [9.17, 15) is 9.59 Å². The van der Waals surface area contributed by atoms with E-state index >= 15 is 0 Å². The molecule has 0 fully saturated rings. The number of benzene rings is 1. The lowest BCUT2D eigenvalue weighted by atomic mass is 9.86. The van der Waals surface area contributed by atoms with E-state index < -0.39 is 0 Å². The van der Waals surface area contributed by atoms with Gasteiger partial charge in [0.1, 0.15) is 0 Å². The molecule has 0 unspecified atom stereocenters. The van der Waals surface area contributed by atoms with Gasteiger partial charge in [-0.3, -0.25) is 9.59 Å². The van der Waals surface area contributed by atoms with Gasteiger partial charge in [-0.25, -0.2) is 4.98 Å². The third kappa shape index (κ3) is 5.74. The largest absolute Gasteiger partial charge is 0.325 e. The third-order valence-electron chi connectivity index (χ3n) is 3.63. The van der Waals surface area contributed by atoms with Crippen LogP contribution >= 0.6 is 11.8 Å². The van der Waals surface area contributed by atoms with Crippen LogP contribution in [0.3, 0.4) is 0 Å². The number of hydrogen-bond donors (Lipinski definition) is 2. The molecular formula is C19H25N3O2S. The van der Waals surface area contributed by atoms with Crippen LogP contribution in [0.5, 0.6) is 0 Å². The van der Waals surface area contributed by atoms with Gasteiger partial charge in [-0.1, -0.05) is 64.1 Å². The van der Waals surface area contributed by atoms with E-state index in [1.54, 1.807) is 0 Å². The fourth-order valence-corrected chi connectivity index (χ4v) is 3.20. The highest BCUT2D eigenvalue weighted by Gasteiger charge is 2.18. The summed E-state index contributed by atoms with van der Waals surface area (Å²) in [5.41, 5.74) is 2.43. The smallest absolute Gasteiger partial charge is 0.251 e. The maximum atomic E-state index is 12.3. The molecule has 0 bridgehead atoms. The van der Waals surface area contributed by atoms with Crippen molar-refractivity contribution in [2.24, 2.45) is 0 Å². The van der Waals surface area contributed by atoms with Gasteiger partial charge in [-0.15, -0.1) is 0 Å². The predicted octanol–water partition coefficient (Wildman–Crippen LogP) is 3.75. The molecule has 1 aromatic heterocycles. The first-order valence-corrected chi connectivity index (χ1v) is 9.40. The number of amides is 1. The van der Waals surface area contributed by atoms with Gasteiger partial charge in [0.15, 0.2) is 5.16 Å². The molecule has 2 rings (SSSR count). The number of carbonyl (C=O) groups excluding carboxylic acids is 1. The van der Waals surface area contributed by atoms with Crippen LogP contribution in [0.15, 0.2) is 40.3 Å². The number of aromatic amines is 1. The Labute approximate surface area is 152 Å². The number of hydrogen-bond acceptors (Lipinski definition) is 4. The second-order valence-corrected chi connectivity index (χ2v) is 7.89. The molecule has 1 aromatic carbocycles. The molecule has 6 heteroatoms. The van der Waals surface area contributed by atoms with Crippen LogP contribution in [-0.2, 0) is 16.6 Å². The van der Waals surface area contributed by atoms with Gasteiger partial charge in [0.2, 0.25) is 5.91 Å². The van der Waals surface area contributed by atoms with Gasteiger partial charge < -0.3 is 10.3 Å². The maximum absolute atomic E-state index is 12.3. The third-order valence-corrected chi connectivity index (χ3v) is 4.50. The Hall–Kier alpha value is -2.08. The highest BCUT2D eigenvalue weighted by molar-refractivity contribution is 7.99. The average Bonchev–Trinajstić information content (AvgIpc) is 2.52. The van der Waals surface area contributed by atoms with E-state index in [-0.39, 0.29) is 22.6 Å². The number of nitrogens with zero attached hydrogens (tertiary/aromatic N) is 1. The summed E-state index contributed by atoms with van der Waals surface area (Å²) in [5, 5.41) is 3.44. The summed E-state index contributed by atoms with van der Waals surface area (Å²) in [6.45, 7) is 8.37. The van der Waals surface area contributed by atoms with Gasteiger partial charge in [-0.2, -0.15) is 0 Å². The van der Waals surface area contributed by atoms with Gasteiger partial charge in [-0.05, 0) is 23.5 Å². The average molecular weight is 359 g/mol. The van der Waals surface area contributed by atoms with E-state index in [1.165, 1.54) is 17.8 Å². The lowest BCUT2D eigenvalue weighted by Gasteiger charge is -2.22. The van der Waals surface area contributed by atoms with Crippen molar-refractivity contribution >= 4 is 23.4 Å². The molecule has 0 aliphatic carbocycles. The number of para-hydroxylation sites is 1. The zero-order valence-corrected chi connectivity index (χ0v) is 16.0. The number of carbonyl (C=O) groups is 1. The number of nitrogens with one attached hydrogen (secondary N) is 2. The van der Waals surface area contributed by atoms with Crippen molar-refractivity contribution in [1.29, 1.82) is 0 Å². The van der Waals surface area contributed by atoms with Crippen LogP contribution in [0.2, 0.25) is 0 Å². The Kier molecular flexibility index (Phi) is 6.42. The van der Waals surface area contributed by atoms with Crippen molar-refractivity contribution in [3.63, 3.8) is 0 Å². The minimum atomic E-state index is -0.181. The van der Waals surface area contributed by atoms with E-state index in [0.717, 1.165) is 29.8 Å². The molecule has 0 saturated carbocycles. The van der Waals surface area contributed by atoms with E-state index in [1.807, 2.05) is 31.2 Å². The van der Waals surface area contributed by atoms with Gasteiger partial charge in [0.25, 0.3) is 5.56 Å². The van der Waals surface area contributed by atoms with Crippen molar-refractivity contribution in [1.82, 2.24) is 9.97 Å². The Morgan fingerprint density at radius 3 is 2.68 bits per heavy atom. The molecule has 2 N–H and O–H groups in total. The number of aryl methyl sites for hydroxylation is 1. The maximum Gasteiger partial charge on any atom is 0.251 e.